The fraction of sp³-hybridized carbons (Fsp3) is 0.696. The number of nitrogens with zero attached hydrogens (tertiary/aromatic N) is 1. The average Bonchev–Trinajstić information content (AvgIpc) is 3.62. The van der Waals surface area contributed by atoms with E-state index in [-0.39, 0.29) is 47.7 Å². The molecular weight excluding hydrogens is 435 g/mol. The van der Waals surface area contributed by atoms with Gasteiger partial charge in [-0.15, -0.1) is 0 Å². The Balaban J connectivity index is 1.41. The highest BCUT2D eigenvalue weighted by molar-refractivity contribution is 7.90. The van der Waals surface area contributed by atoms with Crippen LogP contribution in [-0.4, -0.2) is 62.4 Å². The number of benzene rings is 1. The van der Waals surface area contributed by atoms with E-state index in [9.17, 15) is 17.6 Å². The zero-order chi connectivity index (χ0) is 22.3. The molecule has 3 heterocycles. The molecule has 1 N–H and O–H groups in total. The van der Waals surface area contributed by atoms with E-state index in [1.807, 2.05) is 0 Å². The van der Waals surface area contributed by atoms with E-state index in [1.165, 1.54) is 6.07 Å². The van der Waals surface area contributed by atoms with E-state index in [4.69, 9.17) is 9.47 Å². The summed E-state index contributed by atoms with van der Waals surface area (Å²) in [5.41, 5.74) is 0.559. The Bertz CT molecular complexity index is 959. The molecule has 1 aromatic carbocycles. The molecular formula is C23H31FN2O5S. The minimum absolute atomic E-state index is 0.0303. The summed E-state index contributed by atoms with van der Waals surface area (Å²) < 4.78 is 54.9. The van der Waals surface area contributed by atoms with Crippen molar-refractivity contribution < 1.29 is 27.1 Å². The monoisotopic (exact) mass is 466 g/mol. The third-order valence-corrected chi connectivity index (χ3v) is 9.31. The van der Waals surface area contributed by atoms with Gasteiger partial charge < -0.3 is 14.4 Å². The lowest BCUT2D eigenvalue weighted by molar-refractivity contribution is -0.140. The van der Waals surface area contributed by atoms with Crippen LogP contribution in [0.2, 0.25) is 0 Å². The zero-order valence-electron chi connectivity index (χ0n) is 18.2. The fourth-order valence-corrected chi connectivity index (χ4v) is 7.06. The first-order valence-electron chi connectivity index (χ1n) is 11.8. The third kappa shape index (κ3) is 4.52. The summed E-state index contributed by atoms with van der Waals surface area (Å²) >= 11 is 0. The summed E-state index contributed by atoms with van der Waals surface area (Å²) in [5.74, 6) is -0.0422. The van der Waals surface area contributed by atoms with Gasteiger partial charge in [-0.3, -0.25) is 4.79 Å². The van der Waals surface area contributed by atoms with E-state index in [2.05, 4.69) is 4.72 Å². The molecule has 7 nitrogen and oxygen atoms in total. The Kier molecular flexibility index (Phi) is 6.15. The molecule has 32 heavy (non-hydrogen) atoms. The van der Waals surface area contributed by atoms with Gasteiger partial charge in [-0.25, -0.2) is 17.5 Å². The van der Waals surface area contributed by atoms with Crippen molar-refractivity contribution in [2.45, 2.75) is 80.7 Å². The predicted molar refractivity (Wildman–Crippen MR) is 116 cm³/mol. The lowest BCUT2D eigenvalue weighted by atomic mass is 9.82. The van der Waals surface area contributed by atoms with Crippen molar-refractivity contribution in [3.05, 3.63) is 29.6 Å². The van der Waals surface area contributed by atoms with Crippen molar-refractivity contribution in [3.8, 4) is 5.75 Å². The normalized spacial score (nSPS) is 31.5. The highest BCUT2D eigenvalue weighted by Gasteiger charge is 2.42. The topological polar surface area (TPSA) is 84.9 Å². The maximum atomic E-state index is 14.7. The molecule has 5 aliphatic rings. The Labute approximate surface area is 188 Å². The van der Waals surface area contributed by atoms with Gasteiger partial charge in [0.05, 0.1) is 24.0 Å². The maximum Gasteiger partial charge on any atom is 0.260 e. The Morgan fingerprint density at radius 2 is 1.84 bits per heavy atom. The number of fused-ring (bicyclic) bond motifs is 5. The number of carbonyl (C=O) groups excluding carboxylic acids is 1. The second-order valence-electron chi connectivity index (χ2n) is 9.51. The van der Waals surface area contributed by atoms with Crippen molar-refractivity contribution in [2.24, 2.45) is 0 Å². The van der Waals surface area contributed by atoms with E-state index in [0.29, 0.717) is 50.1 Å². The summed E-state index contributed by atoms with van der Waals surface area (Å²) in [6.07, 6.45) is 5.99. The lowest BCUT2D eigenvalue weighted by Gasteiger charge is -2.42. The number of nitrogens with one attached hydrogen (secondary N) is 1. The summed E-state index contributed by atoms with van der Waals surface area (Å²) in [6.45, 7) is 0.618. The SMILES string of the molecule is O=C1COc2cccc(F)c2C2CCC(CC2)OCC2[C@@H](NS(=O)(=O)C3CC3)CCCN12. The van der Waals surface area contributed by atoms with E-state index < -0.39 is 10.0 Å². The number of piperidine rings is 1. The Morgan fingerprint density at radius 1 is 1.06 bits per heavy atom. The number of halogens is 1. The zero-order valence-corrected chi connectivity index (χ0v) is 19.0. The molecule has 1 amide bonds. The number of amides is 1. The maximum absolute atomic E-state index is 14.7. The number of ether oxygens (including phenoxy) is 2. The Morgan fingerprint density at radius 3 is 2.59 bits per heavy atom. The molecule has 3 fully saturated rings. The lowest BCUT2D eigenvalue weighted by Crippen LogP contribution is -2.60. The largest absolute Gasteiger partial charge is 0.483 e. The van der Waals surface area contributed by atoms with Crippen molar-refractivity contribution in [2.75, 3.05) is 19.8 Å². The molecule has 2 atom stereocenters. The van der Waals surface area contributed by atoms with Crippen molar-refractivity contribution >= 4 is 15.9 Å². The first kappa shape index (κ1) is 22.1. The van der Waals surface area contributed by atoms with Gasteiger partial charge in [0.15, 0.2) is 6.61 Å². The molecule has 0 spiro atoms. The minimum Gasteiger partial charge on any atom is -0.483 e. The van der Waals surface area contributed by atoms with Crippen LogP contribution in [0.15, 0.2) is 18.2 Å². The molecule has 0 aromatic heterocycles. The molecule has 2 aliphatic carbocycles. The van der Waals surface area contributed by atoms with Gasteiger partial charge in [-0.05, 0) is 69.4 Å². The number of carbonyl (C=O) groups is 1. The summed E-state index contributed by atoms with van der Waals surface area (Å²) in [7, 11) is -3.38. The van der Waals surface area contributed by atoms with Gasteiger partial charge in [-0.1, -0.05) is 6.07 Å². The molecule has 9 heteroatoms. The fourth-order valence-electron chi connectivity index (χ4n) is 5.41. The van der Waals surface area contributed by atoms with Gasteiger partial charge in [0, 0.05) is 18.2 Å². The highest BCUT2D eigenvalue weighted by Crippen LogP contribution is 2.40. The highest BCUT2D eigenvalue weighted by atomic mass is 32.2. The molecule has 3 aliphatic heterocycles. The van der Waals surface area contributed by atoms with Crippen LogP contribution >= 0.6 is 0 Å². The summed E-state index contributed by atoms with van der Waals surface area (Å²) in [4.78, 5) is 14.9. The van der Waals surface area contributed by atoms with Crippen LogP contribution in [0, 0.1) is 5.82 Å². The van der Waals surface area contributed by atoms with Crippen molar-refractivity contribution in [1.29, 1.82) is 0 Å². The van der Waals surface area contributed by atoms with E-state index in [0.717, 1.165) is 25.7 Å². The molecule has 6 rings (SSSR count). The number of hydrogen-bond acceptors (Lipinski definition) is 5. The summed E-state index contributed by atoms with van der Waals surface area (Å²) in [6, 6.07) is 4.04. The first-order chi connectivity index (χ1) is 15.4. The molecule has 2 bridgehead atoms. The van der Waals surface area contributed by atoms with Crippen LogP contribution in [0.4, 0.5) is 4.39 Å². The van der Waals surface area contributed by atoms with Crippen molar-refractivity contribution in [3.63, 3.8) is 0 Å². The van der Waals surface area contributed by atoms with Crippen LogP contribution in [0.25, 0.3) is 0 Å². The van der Waals surface area contributed by atoms with Gasteiger partial charge in [-0.2, -0.15) is 0 Å². The van der Waals surface area contributed by atoms with Crippen LogP contribution in [0.5, 0.6) is 5.75 Å². The molecule has 176 valence electrons. The quantitative estimate of drug-likeness (QED) is 0.741. The van der Waals surface area contributed by atoms with Crippen LogP contribution in [-0.2, 0) is 19.6 Å². The molecule has 1 saturated heterocycles. The average molecular weight is 467 g/mol. The number of sulfonamides is 1. The molecule has 0 radical (unpaired) electrons. The summed E-state index contributed by atoms with van der Waals surface area (Å²) in [5, 5.41) is -0.311. The first-order valence-corrected chi connectivity index (χ1v) is 13.3. The Hall–Kier alpha value is -1.71. The third-order valence-electron chi connectivity index (χ3n) is 7.33. The predicted octanol–water partition coefficient (Wildman–Crippen LogP) is 2.70. The van der Waals surface area contributed by atoms with Gasteiger partial charge in [0.2, 0.25) is 10.0 Å². The number of rotatable bonds is 3. The van der Waals surface area contributed by atoms with Gasteiger partial charge >= 0.3 is 0 Å². The van der Waals surface area contributed by atoms with Crippen LogP contribution in [0.1, 0.15) is 62.8 Å². The molecule has 1 aromatic rings. The van der Waals surface area contributed by atoms with Gasteiger partial charge in [0.1, 0.15) is 11.6 Å². The van der Waals surface area contributed by atoms with Crippen LogP contribution in [0.3, 0.4) is 0 Å². The molecule has 1 unspecified atom stereocenters. The van der Waals surface area contributed by atoms with E-state index >= 15 is 0 Å². The second kappa shape index (κ2) is 8.91. The smallest absolute Gasteiger partial charge is 0.260 e. The van der Waals surface area contributed by atoms with Crippen molar-refractivity contribution in [1.82, 2.24) is 9.62 Å². The van der Waals surface area contributed by atoms with Gasteiger partial charge in [0.25, 0.3) is 5.91 Å². The minimum atomic E-state index is -3.38. The molecule has 2 saturated carbocycles. The second-order valence-corrected chi connectivity index (χ2v) is 11.5. The number of hydrogen-bond donors (Lipinski definition) is 1. The van der Waals surface area contributed by atoms with Crippen LogP contribution < -0.4 is 9.46 Å². The van der Waals surface area contributed by atoms with E-state index in [1.54, 1.807) is 17.0 Å². The standard InChI is InChI=1S/C23H31FN2O5S/c24-18-3-1-5-21-23(18)15-6-8-16(9-7-15)30-13-20-19(25-32(28,29)17-10-11-17)4-2-12-26(20)22(27)14-31-21/h1,3,5,15-17,19-20,25H,2,4,6-14H2/t15?,16?,19-,20?/m0/s1.